The van der Waals surface area contributed by atoms with Crippen LogP contribution < -0.4 is 10.4 Å². The van der Waals surface area contributed by atoms with E-state index in [4.69, 9.17) is 5.11 Å². The Morgan fingerprint density at radius 2 is 1.35 bits per heavy atom. The molecular formula is C21H28O4Si. The van der Waals surface area contributed by atoms with Crippen LogP contribution in [0.2, 0.25) is 5.04 Å². The van der Waals surface area contributed by atoms with Gasteiger partial charge in [0.2, 0.25) is 0 Å². The predicted octanol–water partition coefficient (Wildman–Crippen LogP) is 1.74. The molecule has 0 heterocycles. The average Bonchev–Trinajstić information content (AvgIpc) is 2.62. The van der Waals surface area contributed by atoms with Gasteiger partial charge in [-0.25, -0.2) is 0 Å². The highest BCUT2D eigenvalue weighted by Crippen LogP contribution is 2.39. The monoisotopic (exact) mass is 372 g/mol. The molecule has 0 amide bonds. The Morgan fingerprint density at radius 3 is 1.69 bits per heavy atom. The Morgan fingerprint density at radius 1 is 0.923 bits per heavy atom. The summed E-state index contributed by atoms with van der Waals surface area (Å²) in [6, 6.07) is 19.6. The summed E-state index contributed by atoms with van der Waals surface area (Å²) < 4.78 is 0. The van der Waals surface area contributed by atoms with Crippen LogP contribution in [0.3, 0.4) is 0 Å². The van der Waals surface area contributed by atoms with E-state index in [2.05, 4.69) is 20.8 Å². The molecule has 2 aromatic rings. The molecule has 2 rings (SSSR count). The Bertz CT molecular complexity index is 683. The van der Waals surface area contributed by atoms with E-state index in [0.717, 1.165) is 10.4 Å². The molecule has 0 aromatic heterocycles. The molecule has 0 spiro atoms. The second-order valence-corrected chi connectivity index (χ2v) is 12.2. The van der Waals surface area contributed by atoms with Gasteiger partial charge >= 0.3 is 0 Å². The van der Waals surface area contributed by atoms with Crippen molar-refractivity contribution in [2.75, 3.05) is 6.61 Å². The molecule has 5 heteroatoms. The molecule has 26 heavy (non-hydrogen) atoms. The lowest BCUT2D eigenvalue weighted by atomic mass is 10.2. The van der Waals surface area contributed by atoms with E-state index >= 15 is 0 Å². The first-order chi connectivity index (χ1) is 12.2. The maximum absolute atomic E-state index is 11.3. The van der Waals surface area contributed by atoms with Gasteiger partial charge in [-0.2, -0.15) is 0 Å². The zero-order valence-corrected chi connectivity index (χ0v) is 16.5. The van der Waals surface area contributed by atoms with E-state index in [1.54, 1.807) is 0 Å². The Labute approximate surface area is 156 Å². The van der Waals surface area contributed by atoms with Crippen LogP contribution in [-0.2, 0) is 0 Å². The molecule has 2 aromatic carbocycles. The highest BCUT2D eigenvalue weighted by Gasteiger charge is 2.51. The van der Waals surface area contributed by atoms with Crippen LogP contribution in [-0.4, -0.2) is 47.3 Å². The molecule has 0 radical (unpaired) electrons. The first-order valence-electron chi connectivity index (χ1n) is 8.74. The predicted molar refractivity (Wildman–Crippen MR) is 107 cm³/mol. The molecule has 0 saturated heterocycles. The van der Waals surface area contributed by atoms with Gasteiger partial charge < -0.3 is 20.4 Å². The van der Waals surface area contributed by atoms with Crippen molar-refractivity contribution in [2.45, 2.75) is 38.0 Å². The first kappa shape index (κ1) is 20.4. The standard InChI is InChI=1S/C21H28O4Si/c1-21(2,3)26(16-10-6-4-7-11-16,17-12-8-5-9-13-17)20(25)14-18(23)19(24)15-22/h4-14,18-19,22-25H,15H2,1-3H3/t18-,19+/m0/s1. The molecule has 4 N–H and O–H groups in total. The van der Waals surface area contributed by atoms with Gasteiger partial charge in [-0.3, -0.25) is 0 Å². The van der Waals surface area contributed by atoms with Gasteiger partial charge in [-0.1, -0.05) is 81.4 Å². The topological polar surface area (TPSA) is 80.9 Å². The summed E-state index contributed by atoms with van der Waals surface area (Å²) in [6.45, 7) is 5.67. The third-order valence-electron chi connectivity index (χ3n) is 4.83. The maximum Gasteiger partial charge on any atom is 0.196 e. The normalized spacial score (nSPS) is 15.5. The molecule has 0 fully saturated rings. The summed E-state index contributed by atoms with van der Waals surface area (Å²) in [4.78, 5) is 0. The third-order valence-corrected chi connectivity index (χ3v) is 10.4. The molecule has 140 valence electrons. The summed E-state index contributed by atoms with van der Waals surface area (Å²) >= 11 is 0. The van der Waals surface area contributed by atoms with Crippen molar-refractivity contribution in [1.29, 1.82) is 0 Å². The van der Waals surface area contributed by atoms with E-state index in [9.17, 15) is 15.3 Å². The SMILES string of the molecule is CC(C)(C)[Si](C(O)=C[C@H](O)[C@H](O)CO)(c1ccccc1)c1ccccc1. The quantitative estimate of drug-likeness (QED) is 0.460. The molecule has 2 atom stereocenters. The summed E-state index contributed by atoms with van der Waals surface area (Å²) in [6.07, 6.45) is -1.39. The summed E-state index contributed by atoms with van der Waals surface area (Å²) in [5.41, 5.74) is 0. The van der Waals surface area contributed by atoms with Crippen molar-refractivity contribution in [2.24, 2.45) is 0 Å². The molecule has 0 aliphatic rings. The van der Waals surface area contributed by atoms with Crippen molar-refractivity contribution < 1.29 is 20.4 Å². The highest BCUT2D eigenvalue weighted by atomic mass is 28.3. The first-order valence-corrected chi connectivity index (χ1v) is 10.7. The lowest BCUT2D eigenvalue weighted by molar-refractivity contribution is 0.00847. The zero-order chi connectivity index (χ0) is 19.4. The fraction of sp³-hybridized carbons (Fsp3) is 0.333. The van der Waals surface area contributed by atoms with Crippen LogP contribution in [0, 0.1) is 0 Å². The number of benzene rings is 2. The average molecular weight is 373 g/mol. The van der Waals surface area contributed by atoms with E-state index < -0.39 is 26.9 Å². The minimum absolute atomic E-state index is 0.0717. The second-order valence-electron chi connectivity index (χ2n) is 7.52. The molecule has 0 bridgehead atoms. The Hall–Kier alpha value is -1.92. The molecule has 0 saturated carbocycles. The van der Waals surface area contributed by atoms with E-state index in [-0.39, 0.29) is 10.4 Å². The fourth-order valence-corrected chi connectivity index (χ4v) is 8.83. The van der Waals surface area contributed by atoms with Crippen LogP contribution in [0.4, 0.5) is 0 Å². The van der Waals surface area contributed by atoms with E-state index in [1.807, 2.05) is 60.7 Å². The smallest absolute Gasteiger partial charge is 0.196 e. The minimum atomic E-state index is -2.91. The Kier molecular flexibility index (Phi) is 6.42. The maximum atomic E-state index is 11.3. The van der Waals surface area contributed by atoms with Crippen LogP contribution in [0.5, 0.6) is 0 Å². The number of hydrogen-bond acceptors (Lipinski definition) is 4. The van der Waals surface area contributed by atoms with Gasteiger partial charge in [-0.15, -0.1) is 0 Å². The second kappa shape index (κ2) is 8.18. The molecule has 4 nitrogen and oxygen atoms in total. The van der Waals surface area contributed by atoms with E-state index in [0.29, 0.717) is 0 Å². The van der Waals surface area contributed by atoms with Crippen LogP contribution >= 0.6 is 0 Å². The lowest BCUT2D eigenvalue weighted by Gasteiger charge is -2.43. The van der Waals surface area contributed by atoms with Gasteiger partial charge in [0.25, 0.3) is 0 Å². The minimum Gasteiger partial charge on any atom is -0.517 e. The Balaban J connectivity index is 2.78. The number of aliphatic hydroxyl groups excluding tert-OH is 4. The van der Waals surface area contributed by atoms with Crippen molar-refractivity contribution in [1.82, 2.24) is 0 Å². The van der Waals surface area contributed by atoms with Gasteiger partial charge in [0.15, 0.2) is 8.07 Å². The fourth-order valence-electron chi connectivity index (χ4n) is 3.59. The molecule has 0 aliphatic heterocycles. The van der Waals surface area contributed by atoms with E-state index in [1.165, 1.54) is 6.08 Å². The van der Waals surface area contributed by atoms with Crippen LogP contribution in [0.25, 0.3) is 0 Å². The largest absolute Gasteiger partial charge is 0.517 e. The number of hydrogen-bond donors (Lipinski definition) is 4. The van der Waals surface area contributed by atoms with Gasteiger partial charge in [0.05, 0.1) is 12.0 Å². The molecule has 0 unspecified atom stereocenters. The van der Waals surface area contributed by atoms with Crippen molar-refractivity contribution in [3.05, 3.63) is 72.1 Å². The van der Waals surface area contributed by atoms with Gasteiger partial charge in [-0.05, 0) is 21.5 Å². The zero-order valence-electron chi connectivity index (χ0n) is 15.5. The van der Waals surface area contributed by atoms with Crippen LogP contribution in [0.1, 0.15) is 20.8 Å². The van der Waals surface area contributed by atoms with Crippen LogP contribution in [0.15, 0.2) is 72.1 Å². The van der Waals surface area contributed by atoms with Crippen molar-refractivity contribution in [3.8, 4) is 0 Å². The van der Waals surface area contributed by atoms with Gasteiger partial charge in [0, 0.05) is 0 Å². The number of aliphatic hydroxyl groups is 4. The van der Waals surface area contributed by atoms with Crippen molar-refractivity contribution >= 4 is 18.4 Å². The van der Waals surface area contributed by atoms with Crippen molar-refractivity contribution in [3.63, 3.8) is 0 Å². The third kappa shape index (κ3) is 3.76. The van der Waals surface area contributed by atoms with Gasteiger partial charge in [0.1, 0.15) is 12.2 Å². The number of rotatable bonds is 6. The lowest BCUT2D eigenvalue weighted by Crippen LogP contribution is -2.66. The highest BCUT2D eigenvalue weighted by molar-refractivity contribution is 7.08. The summed E-state index contributed by atoms with van der Waals surface area (Å²) in [5.74, 6) is 0. The summed E-state index contributed by atoms with van der Waals surface area (Å²) in [5, 5.41) is 42.1. The summed E-state index contributed by atoms with van der Waals surface area (Å²) in [7, 11) is -2.91. The molecule has 0 aliphatic carbocycles. The molecular weight excluding hydrogens is 344 g/mol.